The normalized spacial score (nSPS) is 13.5. The molecular weight excluding hydrogens is 1010 g/mol. The highest BCUT2D eigenvalue weighted by Crippen LogP contribution is 2.38. The third-order valence-corrected chi connectivity index (χ3v) is 16.0. The Morgan fingerprint density at radius 1 is 0.400 bits per heavy atom. The molecule has 0 heterocycles. The Kier molecular flexibility index (Phi) is 59.5. The maximum Gasteiger partial charge on any atom is 0.306 e. The number of phosphoric ester groups is 1. The van der Waals surface area contributed by atoms with Crippen LogP contribution in [0.5, 0.6) is 0 Å². The number of hydrogen-bond donors (Lipinski definition) is 0. The third kappa shape index (κ3) is 64.9. The van der Waals surface area contributed by atoms with E-state index in [4.69, 9.17) is 18.5 Å². The smallest absolute Gasteiger partial charge is 0.306 e. The van der Waals surface area contributed by atoms with Crippen LogP contribution in [0.2, 0.25) is 0 Å². The van der Waals surface area contributed by atoms with Crippen LogP contribution in [0.25, 0.3) is 0 Å². The van der Waals surface area contributed by atoms with E-state index < -0.39 is 26.5 Å². The zero-order valence-electron chi connectivity index (χ0n) is 53.3. The Balaban J connectivity index is 3.94. The molecule has 0 saturated heterocycles. The highest BCUT2D eigenvalue weighted by molar-refractivity contribution is 7.45. The van der Waals surface area contributed by atoms with Gasteiger partial charge in [-0.15, -0.1) is 0 Å². The lowest BCUT2D eigenvalue weighted by Gasteiger charge is -2.28. The molecule has 10 heteroatoms. The summed E-state index contributed by atoms with van der Waals surface area (Å²) >= 11 is 0. The minimum Gasteiger partial charge on any atom is -0.756 e. The number of carbonyl (C=O) groups is 2. The minimum atomic E-state index is -4.64. The second-order valence-electron chi connectivity index (χ2n) is 24.2. The first kappa shape index (κ1) is 77.7. The summed E-state index contributed by atoms with van der Waals surface area (Å²) in [5.41, 5.74) is 0. The second-order valence-corrected chi connectivity index (χ2v) is 25.6. The van der Waals surface area contributed by atoms with Crippen molar-refractivity contribution in [3.05, 3.63) is 60.8 Å². The first-order chi connectivity index (χ1) is 39.0. The quantitative estimate of drug-likeness (QED) is 0.0195. The van der Waals surface area contributed by atoms with E-state index in [-0.39, 0.29) is 32.0 Å². The molecule has 9 nitrogen and oxygen atoms in total. The van der Waals surface area contributed by atoms with Crippen LogP contribution in [0.3, 0.4) is 0 Å². The van der Waals surface area contributed by atoms with Crippen LogP contribution >= 0.6 is 7.82 Å². The number of esters is 2. The largest absolute Gasteiger partial charge is 0.756 e. The maximum atomic E-state index is 12.8. The number of nitrogens with zero attached hydrogens (tertiary/aromatic N) is 1. The molecule has 0 aromatic rings. The van der Waals surface area contributed by atoms with Crippen molar-refractivity contribution in [1.82, 2.24) is 0 Å². The fourth-order valence-corrected chi connectivity index (χ4v) is 10.6. The molecule has 0 aliphatic rings. The molecule has 0 spiro atoms. The van der Waals surface area contributed by atoms with Gasteiger partial charge in [0, 0.05) is 12.8 Å². The Hall–Kier alpha value is -2.29. The van der Waals surface area contributed by atoms with Crippen LogP contribution in [-0.4, -0.2) is 70.0 Å². The van der Waals surface area contributed by atoms with Crippen LogP contribution in [-0.2, 0) is 32.7 Å². The maximum absolute atomic E-state index is 12.8. The minimum absolute atomic E-state index is 0.0345. The van der Waals surface area contributed by atoms with Crippen molar-refractivity contribution in [2.75, 3.05) is 47.5 Å². The molecule has 2 unspecified atom stereocenters. The van der Waals surface area contributed by atoms with Crippen LogP contribution in [0.15, 0.2) is 60.8 Å². The van der Waals surface area contributed by atoms with Gasteiger partial charge in [-0.2, -0.15) is 0 Å². The van der Waals surface area contributed by atoms with Crippen LogP contribution in [0, 0.1) is 0 Å². The molecule has 0 aromatic heterocycles. The van der Waals surface area contributed by atoms with Gasteiger partial charge >= 0.3 is 11.9 Å². The number of ether oxygens (including phenoxy) is 2. The number of allylic oxidation sites excluding steroid dienone is 10. The Morgan fingerprint density at radius 2 is 0.713 bits per heavy atom. The molecular formula is C70H130NO8P. The van der Waals surface area contributed by atoms with E-state index in [0.717, 1.165) is 83.5 Å². The van der Waals surface area contributed by atoms with Gasteiger partial charge < -0.3 is 27.9 Å². The lowest BCUT2D eigenvalue weighted by atomic mass is 10.0. The highest BCUT2D eigenvalue weighted by Gasteiger charge is 2.22. The molecule has 0 N–H and O–H groups in total. The van der Waals surface area contributed by atoms with Gasteiger partial charge in [0.15, 0.2) is 6.10 Å². The first-order valence-corrected chi connectivity index (χ1v) is 35.5. The summed E-state index contributed by atoms with van der Waals surface area (Å²) in [7, 11) is 1.16. The predicted molar refractivity (Wildman–Crippen MR) is 342 cm³/mol. The number of rotatable bonds is 63. The predicted octanol–water partition coefficient (Wildman–Crippen LogP) is 21.2. The standard InChI is InChI=1S/C70H130NO8P/c1-6-8-10-12-14-16-18-20-22-24-26-27-28-29-30-31-32-33-34-35-36-37-38-39-40-41-42-43-45-46-48-50-52-54-56-58-60-62-69(72)76-66-68(67-78-80(74,75)77-65-64-71(3,4)5)79-70(73)63-61-59-57-55-53-51-49-47-44-25-23-21-19-17-15-13-11-9-7-2/h9,11,15,17,21,23-24,26,44,47,68H,6-8,10,12-14,16,18-20,22,25,27-43,45-46,48-67H2,1-5H3/b11-9-,17-15-,23-21-,26-24-,47-44-. The molecule has 0 amide bonds. The Morgan fingerprint density at radius 3 is 1.07 bits per heavy atom. The van der Waals surface area contributed by atoms with Gasteiger partial charge in [-0.25, -0.2) is 0 Å². The van der Waals surface area contributed by atoms with Crippen molar-refractivity contribution < 1.29 is 42.1 Å². The molecule has 2 atom stereocenters. The van der Waals surface area contributed by atoms with Crippen LogP contribution in [0.1, 0.15) is 322 Å². The number of unbranched alkanes of at least 4 members (excludes halogenated alkanes) is 39. The lowest BCUT2D eigenvalue weighted by Crippen LogP contribution is -2.37. The summed E-state index contributed by atoms with van der Waals surface area (Å²) < 4.78 is 34.2. The van der Waals surface area contributed by atoms with Crippen molar-refractivity contribution in [3.8, 4) is 0 Å². The van der Waals surface area contributed by atoms with Crippen molar-refractivity contribution in [1.29, 1.82) is 0 Å². The van der Waals surface area contributed by atoms with Gasteiger partial charge in [-0.1, -0.05) is 293 Å². The van der Waals surface area contributed by atoms with Gasteiger partial charge in [0.05, 0.1) is 27.7 Å². The van der Waals surface area contributed by atoms with Crippen LogP contribution in [0.4, 0.5) is 0 Å². The monoisotopic (exact) mass is 1140 g/mol. The van der Waals surface area contributed by atoms with E-state index in [2.05, 4.69) is 74.6 Å². The molecule has 0 aliphatic carbocycles. The van der Waals surface area contributed by atoms with Crippen molar-refractivity contribution in [2.45, 2.75) is 328 Å². The topological polar surface area (TPSA) is 111 Å². The van der Waals surface area contributed by atoms with Gasteiger partial charge in [0.1, 0.15) is 19.8 Å². The Bertz CT molecular complexity index is 1530. The van der Waals surface area contributed by atoms with E-state index in [1.165, 1.54) is 205 Å². The summed E-state index contributed by atoms with van der Waals surface area (Å²) in [5.74, 6) is -0.839. The molecule has 468 valence electrons. The van der Waals surface area contributed by atoms with Crippen molar-refractivity contribution in [3.63, 3.8) is 0 Å². The van der Waals surface area contributed by atoms with E-state index in [0.29, 0.717) is 17.4 Å². The number of phosphoric acid groups is 1. The lowest BCUT2D eigenvalue weighted by molar-refractivity contribution is -0.870. The van der Waals surface area contributed by atoms with Crippen LogP contribution < -0.4 is 4.89 Å². The third-order valence-electron chi connectivity index (χ3n) is 15.0. The molecule has 0 fully saturated rings. The molecule has 0 bridgehead atoms. The summed E-state index contributed by atoms with van der Waals surface area (Å²) in [6, 6.07) is 0. The fourth-order valence-electron chi connectivity index (χ4n) is 9.82. The average Bonchev–Trinajstić information content (AvgIpc) is 3.42. The zero-order valence-corrected chi connectivity index (χ0v) is 54.2. The summed E-state index contributed by atoms with van der Waals surface area (Å²) in [6.07, 6.45) is 80.3. The SMILES string of the molecule is CC/C=C\C/C=C\C/C=C\C/C=C\CCCCCCCCC(=O)OC(COC(=O)CCCCCCCCCCCCCCCCCCCCCCCCCCC/C=C\CCCCCCCCCC)COP(=O)([O-])OCC[N+](C)(C)C. The summed E-state index contributed by atoms with van der Waals surface area (Å²) in [5, 5.41) is 0. The average molecular weight is 1140 g/mol. The first-order valence-electron chi connectivity index (χ1n) is 34.0. The van der Waals surface area contributed by atoms with Crippen molar-refractivity contribution >= 4 is 19.8 Å². The van der Waals surface area contributed by atoms with Crippen molar-refractivity contribution in [2.24, 2.45) is 0 Å². The number of likely N-dealkylation sites (N-methyl/N-ethyl adjacent to an activating group) is 1. The summed E-state index contributed by atoms with van der Waals surface area (Å²) in [6.45, 7) is 4.15. The number of hydrogen-bond acceptors (Lipinski definition) is 8. The molecule has 0 aliphatic heterocycles. The number of carbonyl (C=O) groups excluding carboxylic acids is 2. The van der Waals surface area contributed by atoms with Gasteiger partial charge in [0.25, 0.3) is 7.82 Å². The van der Waals surface area contributed by atoms with E-state index in [1.54, 1.807) is 0 Å². The van der Waals surface area contributed by atoms with Gasteiger partial charge in [-0.3, -0.25) is 14.2 Å². The zero-order chi connectivity index (χ0) is 58.4. The molecule has 0 aromatic carbocycles. The fraction of sp³-hybridized carbons (Fsp3) is 0.829. The second kappa shape index (κ2) is 61.3. The summed E-state index contributed by atoms with van der Waals surface area (Å²) in [4.78, 5) is 38.0. The van der Waals surface area contributed by atoms with E-state index >= 15 is 0 Å². The van der Waals surface area contributed by atoms with E-state index in [9.17, 15) is 19.0 Å². The molecule has 0 radical (unpaired) electrons. The van der Waals surface area contributed by atoms with Gasteiger partial charge in [-0.05, 0) is 77.0 Å². The highest BCUT2D eigenvalue weighted by atomic mass is 31.2. The molecule has 0 rings (SSSR count). The molecule has 80 heavy (non-hydrogen) atoms. The van der Waals surface area contributed by atoms with Gasteiger partial charge in [0.2, 0.25) is 0 Å². The Labute approximate surface area is 496 Å². The molecule has 0 saturated carbocycles. The van der Waals surface area contributed by atoms with E-state index in [1.807, 2.05) is 21.1 Å². The number of quaternary nitrogens is 1.